The Morgan fingerprint density at radius 2 is 2.06 bits per heavy atom. The molecule has 0 aromatic rings. The molecule has 0 saturated carbocycles. The number of nitrogens with two attached hydrogens (primary N) is 1. The van der Waals surface area contributed by atoms with E-state index in [0.29, 0.717) is 6.61 Å². The molecule has 0 spiro atoms. The van der Waals surface area contributed by atoms with Gasteiger partial charge in [0.05, 0.1) is 6.61 Å². The van der Waals surface area contributed by atoms with Crippen LogP contribution in [0, 0.1) is 0 Å². The minimum absolute atomic E-state index is 0.0510. The molecule has 0 bridgehead atoms. The van der Waals surface area contributed by atoms with Crippen LogP contribution in [0.1, 0.15) is 19.3 Å². The van der Waals surface area contributed by atoms with Gasteiger partial charge in [0.2, 0.25) is 0 Å². The summed E-state index contributed by atoms with van der Waals surface area (Å²) in [6.45, 7) is 1.21. The molecular weight excluding hydrogens is 212 g/mol. The van der Waals surface area contributed by atoms with E-state index in [0.717, 1.165) is 13.0 Å². The lowest BCUT2D eigenvalue weighted by Crippen LogP contribution is -2.30. The van der Waals surface area contributed by atoms with E-state index in [1.54, 1.807) is 0 Å². The fraction of sp³-hybridized carbons (Fsp3) is 0.800. The van der Waals surface area contributed by atoms with Gasteiger partial charge < -0.3 is 20.5 Å². The summed E-state index contributed by atoms with van der Waals surface area (Å²) in [5, 5.41) is 8.49. The molecular formula is C10H20N2O4. The predicted octanol–water partition coefficient (Wildman–Crippen LogP) is -0.327. The number of carboxylic acid groups (broad SMARTS) is 1. The summed E-state index contributed by atoms with van der Waals surface area (Å²) in [6.07, 6.45) is 0.932. The maximum atomic E-state index is 11.1. The van der Waals surface area contributed by atoms with Gasteiger partial charge in [-0.2, -0.15) is 0 Å². The van der Waals surface area contributed by atoms with Crippen LogP contribution in [0.2, 0.25) is 0 Å². The number of ether oxygens (including phenoxy) is 1. The maximum Gasteiger partial charge on any atom is 0.320 e. The molecule has 1 atom stereocenters. The number of rotatable bonds is 8. The Kier molecular flexibility index (Phi) is 7.49. The molecule has 0 fully saturated rings. The Morgan fingerprint density at radius 3 is 2.56 bits per heavy atom. The van der Waals surface area contributed by atoms with Crippen LogP contribution in [0.3, 0.4) is 0 Å². The second-order valence-corrected chi connectivity index (χ2v) is 3.86. The van der Waals surface area contributed by atoms with Crippen LogP contribution < -0.4 is 5.73 Å². The monoisotopic (exact) mass is 232 g/mol. The number of carboxylic acids is 1. The van der Waals surface area contributed by atoms with Crippen molar-refractivity contribution in [1.82, 2.24) is 4.90 Å². The number of carbonyl (C=O) groups excluding carboxylic acids is 1. The van der Waals surface area contributed by atoms with Gasteiger partial charge in [-0.25, -0.2) is 0 Å². The van der Waals surface area contributed by atoms with Gasteiger partial charge >= 0.3 is 11.9 Å². The second-order valence-electron chi connectivity index (χ2n) is 3.86. The highest BCUT2D eigenvalue weighted by Crippen LogP contribution is 1.98. The number of carbonyl (C=O) groups is 2. The van der Waals surface area contributed by atoms with Crippen molar-refractivity contribution in [3.63, 3.8) is 0 Å². The predicted molar refractivity (Wildman–Crippen MR) is 59.0 cm³/mol. The quantitative estimate of drug-likeness (QED) is 0.440. The van der Waals surface area contributed by atoms with Gasteiger partial charge in [-0.15, -0.1) is 0 Å². The topological polar surface area (TPSA) is 92.9 Å². The SMILES string of the molecule is CN(C)CCCOC(=O)CC[C@H](N)C(=O)O. The Hall–Kier alpha value is -1.14. The van der Waals surface area contributed by atoms with Gasteiger partial charge in [-0.3, -0.25) is 9.59 Å². The van der Waals surface area contributed by atoms with E-state index in [1.165, 1.54) is 0 Å². The third-order valence-corrected chi connectivity index (χ3v) is 1.99. The first-order chi connectivity index (χ1) is 7.43. The fourth-order valence-electron chi connectivity index (χ4n) is 1.04. The lowest BCUT2D eigenvalue weighted by atomic mass is 10.2. The Labute approximate surface area is 95.4 Å². The van der Waals surface area contributed by atoms with E-state index in [2.05, 4.69) is 0 Å². The molecule has 0 saturated heterocycles. The minimum Gasteiger partial charge on any atom is -0.480 e. The van der Waals surface area contributed by atoms with Crippen molar-refractivity contribution >= 4 is 11.9 Å². The normalized spacial score (nSPS) is 12.5. The van der Waals surface area contributed by atoms with Crippen molar-refractivity contribution in [3.8, 4) is 0 Å². The molecule has 16 heavy (non-hydrogen) atoms. The van der Waals surface area contributed by atoms with E-state index in [1.807, 2.05) is 19.0 Å². The van der Waals surface area contributed by atoms with Crippen molar-refractivity contribution in [1.29, 1.82) is 0 Å². The number of aliphatic carboxylic acids is 1. The number of esters is 1. The highest BCUT2D eigenvalue weighted by atomic mass is 16.5. The lowest BCUT2D eigenvalue weighted by Gasteiger charge is -2.10. The fourth-order valence-corrected chi connectivity index (χ4v) is 1.04. The summed E-state index contributed by atoms with van der Waals surface area (Å²) in [5.41, 5.74) is 5.25. The molecule has 0 aromatic heterocycles. The Bertz CT molecular complexity index is 231. The summed E-state index contributed by atoms with van der Waals surface area (Å²) < 4.78 is 4.91. The van der Waals surface area contributed by atoms with Crippen molar-refractivity contribution < 1.29 is 19.4 Å². The molecule has 0 heterocycles. The molecule has 0 aromatic carbocycles. The molecule has 0 unspecified atom stereocenters. The zero-order valence-electron chi connectivity index (χ0n) is 9.81. The molecule has 6 heteroatoms. The first-order valence-corrected chi connectivity index (χ1v) is 5.22. The largest absolute Gasteiger partial charge is 0.480 e. The molecule has 0 aliphatic rings. The zero-order chi connectivity index (χ0) is 12.6. The number of hydrogen-bond donors (Lipinski definition) is 2. The average Bonchev–Trinajstić information content (AvgIpc) is 2.20. The van der Waals surface area contributed by atoms with Crippen LogP contribution in [0.25, 0.3) is 0 Å². The van der Waals surface area contributed by atoms with E-state index < -0.39 is 18.0 Å². The Balaban J connectivity index is 3.48. The maximum absolute atomic E-state index is 11.1. The van der Waals surface area contributed by atoms with Crippen molar-refractivity contribution in [3.05, 3.63) is 0 Å². The molecule has 0 rings (SSSR count). The van der Waals surface area contributed by atoms with Crippen LogP contribution in [0.5, 0.6) is 0 Å². The summed E-state index contributed by atoms with van der Waals surface area (Å²) in [5.74, 6) is -1.49. The van der Waals surface area contributed by atoms with Crippen LogP contribution in [-0.2, 0) is 14.3 Å². The van der Waals surface area contributed by atoms with Gasteiger partial charge in [0, 0.05) is 13.0 Å². The van der Waals surface area contributed by atoms with E-state index in [-0.39, 0.29) is 12.8 Å². The van der Waals surface area contributed by atoms with Crippen LogP contribution in [0.15, 0.2) is 0 Å². The van der Waals surface area contributed by atoms with Crippen LogP contribution in [-0.4, -0.2) is 55.2 Å². The summed E-state index contributed by atoms with van der Waals surface area (Å²) >= 11 is 0. The van der Waals surface area contributed by atoms with Gasteiger partial charge in [-0.1, -0.05) is 0 Å². The molecule has 6 nitrogen and oxygen atoms in total. The first-order valence-electron chi connectivity index (χ1n) is 5.22. The molecule has 0 amide bonds. The average molecular weight is 232 g/mol. The molecule has 3 N–H and O–H groups in total. The summed E-state index contributed by atoms with van der Waals surface area (Å²) in [4.78, 5) is 23.5. The highest BCUT2D eigenvalue weighted by molar-refractivity contribution is 5.75. The van der Waals surface area contributed by atoms with Crippen LogP contribution >= 0.6 is 0 Å². The highest BCUT2D eigenvalue weighted by Gasteiger charge is 2.13. The third kappa shape index (κ3) is 8.19. The zero-order valence-corrected chi connectivity index (χ0v) is 9.81. The van der Waals surface area contributed by atoms with Crippen molar-refractivity contribution in [2.75, 3.05) is 27.2 Å². The minimum atomic E-state index is -1.10. The standard InChI is InChI=1S/C10H20N2O4/c1-12(2)6-3-7-16-9(13)5-4-8(11)10(14)15/h8H,3-7,11H2,1-2H3,(H,14,15)/t8-/m0/s1. The molecule has 0 aliphatic heterocycles. The number of nitrogens with zero attached hydrogens (tertiary/aromatic N) is 1. The van der Waals surface area contributed by atoms with Crippen molar-refractivity contribution in [2.45, 2.75) is 25.3 Å². The second kappa shape index (κ2) is 8.06. The molecule has 0 aliphatic carbocycles. The first kappa shape index (κ1) is 14.9. The van der Waals surface area contributed by atoms with Crippen molar-refractivity contribution in [2.24, 2.45) is 5.73 Å². The number of hydrogen-bond acceptors (Lipinski definition) is 5. The summed E-state index contributed by atoms with van der Waals surface area (Å²) in [6, 6.07) is -0.991. The third-order valence-electron chi connectivity index (χ3n) is 1.99. The smallest absolute Gasteiger partial charge is 0.320 e. The molecule has 94 valence electrons. The summed E-state index contributed by atoms with van der Waals surface area (Å²) in [7, 11) is 3.88. The lowest BCUT2D eigenvalue weighted by molar-refractivity contribution is -0.144. The Morgan fingerprint density at radius 1 is 1.44 bits per heavy atom. The van der Waals surface area contributed by atoms with Gasteiger partial charge in [0.15, 0.2) is 0 Å². The van der Waals surface area contributed by atoms with Gasteiger partial charge in [0.25, 0.3) is 0 Å². The van der Waals surface area contributed by atoms with Gasteiger partial charge in [-0.05, 0) is 26.9 Å². The van der Waals surface area contributed by atoms with Gasteiger partial charge in [0.1, 0.15) is 6.04 Å². The van der Waals surface area contributed by atoms with E-state index in [9.17, 15) is 9.59 Å². The van der Waals surface area contributed by atoms with E-state index >= 15 is 0 Å². The van der Waals surface area contributed by atoms with E-state index in [4.69, 9.17) is 15.6 Å². The van der Waals surface area contributed by atoms with Crippen LogP contribution in [0.4, 0.5) is 0 Å². The molecule has 0 radical (unpaired) electrons.